The number of carbonyl (C=O) groups is 2. The highest BCUT2D eigenvalue weighted by Gasteiger charge is 2.67. The van der Waals surface area contributed by atoms with Gasteiger partial charge in [0, 0.05) is 31.7 Å². The van der Waals surface area contributed by atoms with E-state index in [0.29, 0.717) is 35.3 Å². The molecule has 0 spiro atoms. The molecule has 0 radical (unpaired) electrons. The van der Waals surface area contributed by atoms with Crippen LogP contribution in [0.15, 0.2) is 0 Å². The molecule has 0 unspecified atom stereocenters. The summed E-state index contributed by atoms with van der Waals surface area (Å²) in [6.45, 7) is 13.1. The van der Waals surface area contributed by atoms with Gasteiger partial charge < -0.3 is 14.0 Å². The van der Waals surface area contributed by atoms with Gasteiger partial charge in [0.15, 0.2) is 6.10 Å². The van der Waals surface area contributed by atoms with E-state index in [4.69, 9.17) is 9.47 Å². The van der Waals surface area contributed by atoms with Crippen LogP contribution >= 0.6 is 0 Å². The van der Waals surface area contributed by atoms with Gasteiger partial charge in [0.2, 0.25) is 0 Å². The van der Waals surface area contributed by atoms with Gasteiger partial charge in [-0.3, -0.25) is 14.5 Å². The van der Waals surface area contributed by atoms with Crippen molar-refractivity contribution in [2.75, 3.05) is 33.2 Å². The third kappa shape index (κ3) is 4.85. The largest absolute Gasteiger partial charge is 0.461 e. The number of likely N-dealkylation sites (N-methyl/N-ethyl adjacent to an activating group) is 1. The number of carbonyl (C=O) groups excluding carboxylic acids is 2. The molecule has 2 heterocycles. The Labute approximate surface area is 243 Å². The van der Waals surface area contributed by atoms with Crippen molar-refractivity contribution in [3.05, 3.63) is 0 Å². The number of fused-ring (bicyclic) bond motifs is 5. The molecule has 0 bridgehead atoms. The molecule has 6 heteroatoms. The van der Waals surface area contributed by atoms with Crippen molar-refractivity contribution in [3.8, 4) is 0 Å². The summed E-state index contributed by atoms with van der Waals surface area (Å²) in [5, 5.41) is 0. The van der Waals surface area contributed by atoms with Crippen LogP contribution in [0.3, 0.4) is 0 Å². The van der Waals surface area contributed by atoms with Crippen LogP contribution in [-0.4, -0.2) is 78.8 Å². The molecule has 4 aliphatic carbocycles. The van der Waals surface area contributed by atoms with Crippen molar-refractivity contribution < 1.29 is 23.5 Å². The third-order valence-electron chi connectivity index (χ3n) is 13.7. The molecule has 40 heavy (non-hydrogen) atoms. The summed E-state index contributed by atoms with van der Waals surface area (Å²) in [4.78, 5) is 27.4. The predicted molar refractivity (Wildman–Crippen MR) is 156 cm³/mol. The van der Waals surface area contributed by atoms with Crippen LogP contribution in [0.25, 0.3) is 0 Å². The molecule has 0 N–H and O–H groups in total. The van der Waals surface area contributed by atoms with Crippen LogP contribution in [0.1, 0.15) is 111 Å². The maximum Gasteiger partial charge on any atom is 0.303 e. The Kier molecular flexibility index (Phi) is 7.85. The number of rotatable bonds is 4. The Morgan fingerprint density at radius 3 is 2.15 bits per heavy atom. The second-order valence-electron chi connectivity index (χ2n) is 15.8. The summed E-state index contributed by atoms with van der Waals surface area (Å²) in [6.07, 6.45) is 16.3. The second-order valence-corrected chi connectivity index (χ2v) is 15.8. The highest BCUT2D eigenvalue weighted by molar-refractivity contribution is 5.66. The molecule has 4 saturated carbocycles. The Morgan fingerprint density at radius 2 is 1.48 bits per heavy atom. The summed E-state index contributed by atoms with van der Waals surface area (Å²) >= 11 is 0. The number of hydrogen-bond acceptors (Lipinski definition) is 5. The zero-order valence-corrected chi connectivity index (χ0v) is 26.2. The van der Waals surface area contributed by atoms with Crippen molar-refractivity contribution in [2.45, 2.75) is 135 Å². The average molecular weight is 558 g/mol. The lowest BCUT2D eigenvalue weighted by Crippen LogP contribution is -2.61. The van der Waals surface area contributed by atoms with E-state index < -0.39 is 0 Å². The lowest BCUT2D eigenvalue weighted by molar-refractivity contribution is -0.940. The Hall–Kier alpha value is -1.14. The van der Waals surface area contributed by atoms with Gasteiger partial charge in [-0.05, 0) is 113 Å². The van der Waals surface area contributed by atoms with Gasteiger partial charge >= 0.3 is 11.9 Å². The van der Waals surface area contributed by atoms with E-state index in [1.165, 1.54) is 90.1 Å². The number of ether oxygens (including phenoxy) is 2. The summed E-state index contributed by atoms with van der Waals surface area (Å²) in [7, 11) is 2.47. The minimum Gasteiger partial charge on any atom is -0.461 e. The standard InChI is InChI=1S/C34H57N2O4/c1-23(37)39-31-20-25-12-13-26-27(34(25,4)22-29(31)35-16-8-6-9-17-35)14-15-33(3)28(26)21-30(32(33)40-24(2)38)36(5)18-10-7-11-19-36/h25-32H,6-22H2,1-5H3/q+1/t25-,26+,27-,28+,29+,30-,31-,32+,33-,34-/m0/s1. The quantitative estimate of drug-likeness (QED) is 0.315. The second kappa shape index (κ2) is 10.8. The molecule has 6 fully saturated rings. The third-order valence-corrected chi connectivity index (χ3v) is 13.7. The molecule has 10 atom stereocenters. The number of hydrogen-bond donors (Lipinski definition) is 0. The van der Waals surface area contributed by atoms with Crippen molar-refractivity contribution in [3.63, 3.8) is 0 Å². The zero-order valence-electron chi connectivity index (χ0n) is 26.2. The minimum absolute atomic E-state index is 0.0466. The number of likely N-dealkylation sites (tertiary alicyclic amines) is 2. The van der Waals surface area contributed by atoms with Gasteiger partial charge in [-0.25, -0.2) is 0 Å². The molecular weight excluding hydrogens is 500 g/mol. The van der Waals surface area contributed by atoms with E-state index in [-0.39, 0.29) is 29.6 Å². The van der Waals surface area contributed by atoms with Crippen LogP contribution in [0.2, 0.25) is 0 Å². The van der Waals surface area contributed by atoms with E-state index in [1.807, 2.05) is 0 Å². The molecule has 0 aromatic carbocycles. The highest BCUT2D eigenvalue weighted by Crippen LogP contribution is 2.67. The fourth-order valence-corrected chi connectivity index (χ4v) is 11.7. The first kappa shape index (κ1) is 29.0. The number of piperidine rings is 2. The topological polar surface area (TPSA) is 55.8 Å². The lowest BCUT2D eigenvalue weighted by Gasteiger charge is -2.62. The Bertz CT molecular complexity index is 958. The number of nitrogens with zero attached hydrogens (tertiary/aromatic N) is 2. The summed E-state index contributed by atoms with van der Waals surface area (Å²) in [5.74, 6) is 2.50. The van der Waals surface area contributed by atoms with Crippen LogP contribution in [0, 0.1) is 34.5 Å². The molecule has 6 nitrogen and oxygen atoms in total. The lowest BCUT2D eigenvalue weighted by atomic mass is 9.44. The van der Waals surface area contributed by atoms with E-state index in [0.717, 1.165) is 29.9 Å². The fourth-order valence-electron chi connectivity index (χ4n) is 11.7. The summed E-state index contributed by atoms with van der Waals surface area (Å²) in [6, 6.07) is 0.796. The van der Waals surface area contributed by atoms with Gasteiger partial charge in [-0.1, -0.05) is 20.3 Å². The first-order valence-corrected chi connectivity index (χ1v) is 17.0. The Morgan fingerprint density at radius 1 is 0.800 bits per heavy atom. The SMILES string of the molecule is CC(=O)O[C@H]1C[C@@H]2CC[C@H]3[C@H]4C[C@H]([N+]5(C)CCCCC5)[C@@H](OC(C)=O)[C@@]4(C)CC[C@@H]3[C@@]2(C)C[C@H]1N1CCCCC1. The van der Waals surface area contributed by atoms with Gasteiger partial charge in [-0.2, -0.15) is 0 Å². The molecular formula is C34H57N2O4+. The van der Waals surface area contributed by atoms with E-state index in [2.05, 4.69) is 25.8 Å². The highest BCUT2D eigenvalue weighted by atomic mass is 16.5. The molecule has 0 aromatic rings. The van der Waals surface area contributed by atoms with E-state index >= 15 is 0 Å². The average Bonchev–Trinajstić information content (AvgIpc) is 3.21. The molecule has 0 amide bonds. The van der Waals surface area contributed by atoms with Crippen molar-refractivity contribution >= 4 is 11.9 Å². The minimum atomic E-state index is -0.111. The van der Waals surface area contributed by atoms with Gasteiger partial charge in [0.1, 0.15) is 12.1 Å². The maximum absolute atomic E-state index is 12.5. The molecule has 2 aliphatic heterocycles. The monoisotopic (exact) mass is 557 g/mol. The first-order chi connectivity index (χ1) is 19.0. The predicted octanol–water partition coefficient (Wildman–Crippen LogP) is 5.97. The van der Waals surface area contributed by atoms with Gasteiger partial charge in [0.05, 0.1) is 20.1 Å². The maximum atomic E-state index is 12.5. The molecule has 6 aliphatic rings. The van der Waals surface area contributed by atoms with Crippen molar-refractivity contribution in [1.29, 1.82) is 0 Å². The summed E-state index contributed by atoms with van der Waals surface area (Å²) < 4.78 is 13.5. The Balaban J connectivity index is 1.29. The fraction of sp³-hybridized carbons (Fsp3) is 0.941. The summed E-state index contributed by atoms with van der Waals surface area (Å²) in [5.41, 5.74) is 0.377. The number of esters is 2. The van der Waals surface area contributed by atoms with Gasteiger partial charge in [-0.15, -0.1) is 0 Å². The van der Waals surface area contributed by atoms with Gasteiger partial charge in [0.25, 0.3) is 0 Å². The van der Waals surface area contributed by atoms with Crippen LogP contribution in [0.4, 0.5) is 0 Å². The number of quaternary nitrogens is 1. The molecule has 2 saturated heterocycles. The molecule has 226 valence electrons. The first-order valence-electron chi connectivity index (χ1n) is 17.0. The smallest absolute Gasteiger partial charge is 0.303 e. The van der Waals surface area contributed by atoms with E-state index in [1.54, 1.807) is 13.8 Å². The van der Waals surface area contributed by atoms with Crippen LogP contribution in [0.5, 0.6) is 0 Å². The molecule has 0 aromatic heterocycles. The molecule has 6 rings (SSSR count). The normalized spacial score (nSPS) is 46.9. The van der Waals surface area contributed by atoms with E-state index in [9.17, 15) is 9.59 Å². The van der Waals surface area contributed by atoms with Crippen molar-refractivity contribution in [1.82, 2.24) is 4.90 Å². The van der Waals surface area contributed by atoms with Crippen molar-refractivity contribution in [2.24, 2.45) is 34.5 Å². The van der Waals surface area contributed by atoms with Crippen LogP contribution in [-0.2, 0) is 19.1 Å². The zero-order chi connectivity index (χ0) is 28.3. The van der Waals surface area contributed by atoms with Crippen LogP contribution < -0.4 is 0 Å².